The van der Waals surface area contributed by atoms with Crippen molar-refractivity contribution in [1.82, 2.24) is 4.31 Å². The van der Waals surface area contributed by atoms with Gasteiger partial charge in [0, 0.05) is 4.88 Å². The van der Waals surface area contributed by atoms with Crippen molar-refractivity contribution < 1.29 is 31.5 Å². The number of alkyl halides is 3. The molecule has 0 bridgehead atoms. The molecule has 0 saturated carbocycles. The monoisotopic (exact) mass is 331 g/mol. The Morgan fingerprint density at radius 3 is 2.40 bits per heavy atom. The largest absolute Gasteiger partial charge is 0.480 e. The molecule has 0 aromatic carbocycles. The smallest absolute Gasteiger partial charge is 0.402 e. The standard InChI is InChI=1S/C10H12F3NO4S2/c1-2-7-3-4-9(19-7)20(17,18)14(5-8(15)16)6-10(11,12)13/h3-4H,2,5-6H2,1H3,(H,15,16). The number of aryl methyl sites for hydroxylation is 1. The van der Waals surface area contributed by atoms with Crippen LogP contribution in [0.25, 0.3) is 0 Å². The zero-order chi connectivity index (χ0) is 15.6. The summed E-state index contributed by atoms with van der Waals surface area (Å²) in [5, 5.41) is 8.57. The van der Waals surface area contributed by atoms with Crippen LogP contribution < -0.4 is 0 Å². The van der Waals surface area contributed by atoms with Crippen molar-refractivity contribution in [3.05, 3.63) is 17.0 Å². The molecule has 0 radical (unpaired) electrons. The molecule has 1 aromatic rings. The highest BCUT2D eigenvalue weighted by atomic mass is 32.2. The Kier molecular flexibility index (Phi) is 5.16. The van der Waals surface area contributed by atoms with Crippen molar-refractivity contribution in [2.45, 2.75) is 23.7 Å². The zero-order valence-corrected chi connectivity index (χ0v) is 12.0. The van der Waals surface area contributed by atoms with Crippen LogP contribution in [-0.4, -0.2) is 43.1 Å². The van der Waals surface area contributed by atoms with E-state index < -0.39 is 35.3 Å². The zero-order valence-electron chi connectivity index (χ0n) is 10.3. The molecule has 20 heavy (non-hydrogen) atoms. The van der Waals surface area contributed by atoms with Gasteiger partial charge in [-0.1, -0.05) is 6.92 Å². The SMILES string of the molecule is CCc1ccc(S(=O)(=O)N(CC(=O)O)CC(F)(F)F)s1. The van der Waals surface area contributed by atoms with Crippen LogP contribution in [0.15, 0.2) is 16.3 Å². The molecule has 0 amide bonds. The Balaban J connectivity index is 3.13. The minimum absolute atomic E-state index is 0.0827. The molecule has 0 saturated heterocycles. The summed E-state index contributed by atoms with van der Waals surface area (Å²) in [5.74, 6) is -1.65. The number of nitrogens with zero attached hydrogens (tertiary/aromatic N) is 1. The van der Waals surface area contributed by atoms with Gasteiger partial charge in [0.1, 0.15) is 17.3 Å². The summed E-state index contributed by atoms with van der Waals surface area (Å²) >= 11 is 0.831. The molecule has 0 aliphatic heterocycles. The maximum absolute atomic E-state index is 12.4. The summed E-state index contributed by atoms with van der Waals surface area (Å²) in [6.07, 6.45) is -4.27. The number of aliphatic carboxylic acids is 1. The predicted molar refractivity (Wildman–Crippen MR) is 66.1 cm³/mol. The molecular weight excluding hydrogens is 319 g/mol. The van der Waals surface area contributed by atoms with E-state index in [2.05, 4.69) is 0 Å². The molecule has 0 aliphatic carbocycles. The topological polar surface area (TPSA) is 74.7 Å². The molecule has 0 spiro atoms. The third-order valence-corrected chi connectivity index (χ3v) is 5.74. The molecular formula is C10H12F3NO4S2. The van der Waals surface area contributed by atoms with Gasteiger partial charge in [0.15, 0.2) is 0 Å². The second-order valence-corrected chi connectivity index (χ2v) is 7.19. The number of rotatable bonds is 6. The second kappa shape index (κ2) is 6.10. The van der Waals surface area contributed by atoms with Gasteiger partial charge in [-0.25, -0.2) is 8.42 Å². The van der Waals surface area contributed by atoms with E-state index in [1.165, 1.54) is 12.1 Å². The van der Waals surface area contributed by atoms with Crippen LogP contribution in [0.5, 0.6) is 0 Å². The maximum atomic E-state index is 12.4. The van der Waals surface area contributed by atoms with E-state index >= 15 is 0 Å². The van der Waals surface area contributed by atoms with Crippen LogP contribution >= 0.6 is 11.3 Å². The van der Waals surface area contributed by atoms with E-state index in [9.17, 15) is 26.4 Å². The summed E-state index contributed by atoms with van der Waals surface area (Å²) in [4.78, 5) is 11.3. The summed E-state index contributed by atoms with van der Waals surface area (Å²) in [5.41, 5.74) is 0. The van der Waals surface area contributed by atoms with Crippen LogP contribution in [0.2, 0.25) is 0 Å². The van der Waals surface area contributed by atoms with Gasteiger partial charge in [0.25, 0.3) is 10.0 Å². The number of carboxylic acid groups (broad SMARTS) is 1. The number of carbonyl (C=O) groups is 1. The number of hydrogen-bond donors (Lipinski definition) is 1. The molecule has 5 nitrogen and oxygen atoms in total. The number of halogens is 3. The lowest BCUT2D eigenvalue weighted by molar-refractivity contribution is -0.145. The lowest BCUT2D eigenvalue weighted by atomic mass is 10.4. The van der Waals surface area contributed by atoms with Crippen molar-refractivity contribution in [3.63, 3.8) is 0 Å². The highest BCUT2D eigenvalue weighted by molar-refractivity contribution is 7.91. The minimum atomic E-state index is -4.81. The lowest BCUT2D eigenvalue weighted by Crippen LogP contribution is -2.41. The van der Waals surface area contributed by atoms with Gasteiger partial charge in [-0.05, 0) is 18.6 Å². The van der Waals surface area contributed by atoms with Crippen LogP contribution in [0.3, 0.4) is 0 Å². The van der Waals surface area contributed by atoms with Crippen molar-refractivity contribution in [1.29, 1.82) is 0 Å². The maximum Gasteiger partial charge on any atom is 0.402 e. The van der Waals surface area contributed by atoms with Gasteiger partial charge in [0.2, 0.25) is 0 Å². The fraction of sp³-hybridized carbons (Fsp3) is 0.500. The summed E-state index contributed by atoms with van der Waals surface area (Å²) < 4.78 is 60.9. The van der Waals surface area contributed by atoms with E-state index in [1.54, 1.807) is 6.92 Å². The quantitative estimate of drug-likeness (QED) is 0.864. The average molecular weight is 331 g/mol. The van der Waals surface area contributed by atoms with Crippen molar-refractivity contribution in [2.24, 2.45) is 0 Å². The number of sulfonamides is 1. The van der Waals surface area contributed by atoms with Crippen molar-refractivity contribution >= 4 is 27.3 Å². The first-order valence-electron chi connectivity index (χ1n) is 5.43. The first-order valence-corrected chi connectivity index (χ1v) is 7.69. The number of hydrogen-bond acceptors (Lipinski definition) is 4. The van der Waals surface area contributed by atoms with Crippen molar-refractivity contribution in [3.8, 4) is 0 Å². The summed E-state index contributed by atoms with van der Waals surface area (Å²) in [6, 6.07) is 2.67. The van der Waals surface area contributed by atoms with E-state index in [4.69, 9.17) is 5.11 Å². The van der Waals surface area contributed by atoms with Crippen LogP contribution in [0.1, 0.15) is 11.8 Å². The second-order valence-electron chi connectivity index (χ2n) is 3.86. The van der Waals surface area contributed by atoms with E-state index in [0.717, 1.165) is 11.3 Å². The number of thiophene rings is 1. The van der Waals surface area contributed by atoms with Crippen LogP contribution in [-0.2, 0) is 21.2 Å². The average Bonchev–Trinajstić information content (AvgIpc) is 2.74. The van der Waals surface area contributed by atoms with Crippen LogP contribution in [0.4, 0.5) is 13.2 Å². The molecule has 0 atom stereocenters. The minimum Gasteiger partial charge on any atom is -0.480 e. The molecule has 10 heteroatoms. The Hall–Kier alpha value is -1.13. The third-order valence-electron chi connectivity index (χ3n) is 2.25. The van der Waals surface area contributed by atoms with Gasteiger partial charge in [-0.2, -0.15) is 17.5 Å². The third kappa shape index (κ3) is 4.46. The summed E-state index contributed by atoms with van der Waals surface area (Å²) in [6.45, 7) is -1.30. The molecule has 0 unspecified atom stereocenters. The van der Waals surface area contributed by atoms with Gasteiger partial charge >= 0.3 is 12.1 Å². The molecule has 1 aromatic heterocycles. The highest BCUT2D eigenvalue weighted by Gasteiger charge is 2.38. The first kappa shape index (κ1) is 16.9. The lowest BCUT2D eigenvalue weighted by Gasteiger charge is -2.20. The van der Waals surface area contributed by atoms with E-state index in [0.29, 0.717) is 11.3 Å². The molecule has 1 rings (SSSR count). The number of carboxylic acids is 1. The first-order chi connectivity index (χ1) is 9.06. The van der Waals surface area contributed by atoms with Gasteiger partial charge in [-0.15, -0.1) is 11.3 Å². The normalized spacial score (nSPS) is 12.8. The van der Waals surface area contributed by atoms with E-state index in [-0.39, 0.29) is 8.51 Å². The molecule has 0 fully saturated rings. The molecule has 1 heterocycles. The fourth-order valence-electron chi connectivity index (χ4n) is 1.39. The molecule has 114 valence electrons. The molecule has 1 N–H and O–H groups in total. The molecule has 0 aliphatic rings. The Morgan fingerprint density at radius 2 is 2.00 bits per heavy atom. The Morgan fingerprint density at radius 1 is 1.40 bits per heavy atom. The summed E-state index contributed by atoms with van der Waals surface area (Å²) in [7, 11) is -4.47. The van der Waals surface area contributed by atoms with Gasteiger partial charge < -0.3 is 5.11 Å². The predicted octanol–water partition coefficient (Wildman–Crippen LogP) is 1.95. The van der Waals surface area contributed by atoms with Gasteiger partial charge in [-0.3, -0.25) is 4.79 Å². The Bertz CT molecular complexity index is 580. The fourth-order valence-corrected chi connectivity index (χ4v) is 4.22. The van der Waals surface area contributed by atoms with E-state index in [1.807, 2.05) is 0 Å². The Labute approximate surface area is 117 Å². The highest BCUT2D eigenvalue weighted by Crippen LogP contribution is 2.27. The van der Waals surface area contributed by atoms with Gasteiger partial charge in [0.05, 0.1) is 0 Å². The van der Waals surface area contributed by atoms with Crippen molar-refractivity contribution in [2.75, 3.05) is 13.1 Å². The van der Waals surface area contributed by atoms with Crippen LogP contribution in [0, 0.1) is 0 Å².